The molecule has 2 aliphatic rings. The molecule has 2 atom stereocenters. The Morgan fingerprint density at radius 2 is 2.30 bits per heavy atom. The monoisotopic (exact) mass is 293 g/mol. The zero-order chi connectivity index (χ0) is 14.1. The molecule has 2 aliphatic heterocycles. The van der Waals surface area contributed by atoms with Crippen LogP contribution in [0.3, 0.4) is 0 Å². The second-order valence-electron chi connectivity index (χ2n) is 5.95. The van der Waals surface area contributed by atoms with Gasteiger partial charge >= 0.3 is 0 Å². The normalized spacial score (nSPS) is 24.7. The molecule has 0 N–H and O–H groups in total. The van der Waals surface area contributed by atoms with Crippen molar-refractivity contribution in [1.82, 2.24) is 9.88 Å². The van der Waals surface area contributed by atoms with Crippen LogP contribution in [0.2, 0.25) is 0 Å². The molecule has 0 radical (unpaired) electrons. The number of nitrogens with zero attached hydrogens (tertiary/aromatic N) is 3. The molecular weight excluding hydrogens is 270 g/mol. The van der Waals surface area contributed by atoms with E-state index in [1.54, 1.807) is 11.3 Å². The van der Waals surface area contributed by atoms with Crippen molar-refractivity contribution in [2.45, 2.75) is 45.1 Å². The fraction of sp³-hybridized carbons (Fsp3) is 0.733. The van der Waals surface area contributed by atoms with E-state index >= 15 is 0 Å². The highest BCUT2D eigenvalue weighted by molar-refractivity contribution is 7.17. The number of hydrogen-bond acceptors (Lipinski definition) is 5. The van der Waals surface area contributed by atoms with Crippen LogP contribution >= 0.6 is 11.3 Å². The van der Waals surface area contributed by atoms with Crippen LogP contribution in [0.5, 0.6) is 0 Å². The van der Waals surface area contributed by atoms with Gasteiger partial charge in [-0.25, -0.2) is 4.98 Å². The predicted molar refractivity (Wildman–Crippen MR) is 83.0 cm³/mol. The lowest BCUT2D eigenvalue weighted by atomic mass is 10.0. The smallest absolute Gasteiger partial charge is 0.186 e. The maximum atomic E-state index is 11.3. The Bertz CT molecular complexity index is 487. The Hall–Kier alpha value is -0.940. The molecular formula is C15H23N3OS. The molecule has 3 heterocycles. The standard InChI is InChI=1S/C15H23N3OS/c1-3-11(2)14-13(10-19)20-15(16-14)18-8-7-17-6-4-5-12(17)9-18/h10-12H,3-9H2,1-2H3. The summed E-state index contributed by atoms with van der Waals surface area (Å²) in [5.41, 5.74) is 0.997. The molecule has 2 fully saturated rings. The van der Waals surface area contributed by atoms with E-state index in [2.05, 4.69) is 23.6 Å². The van der Waals surface area contributed by atoms with Crippen molar-refractivity contribution >= 4 is 22.8 Å². The third-order valence-electron chi connectivity index (χ3n) is 4.71. The Labute approximate surface area is 124 Å². The highest BCUT2D eigenvalue weighted by Crippen LogP contribution is 2.33. The second-order valence-corrected chi connectivity index (χ2v) is 6.96. The van der Waals surface area contributed by atoms with Crippen molar-refractivity contribution in [1.29, 1.82) is 0 Å². The molecule has 20 heavy (non-hydrogen) atoms. The molecule has 1 aromatic heterocycles. The lowest BCUT2D eigenvalue weighted by Gasteiger charge is -2.37. The molecule has 4 nitrogen and oxygen atoms in total. The SMILES string of the molecule is CCC(C)c1nc(N2CCN3CCCC3C2)sc1C=O. The van der Waals surface area contributed by atoms with Gasteiger partial charge in [-0.1, -0.05) is 25.2 Å². The second kappa shape index (κ2) is 5.82. The maximum Gasteiger partial charge on any atom is 0.186 e. The summed E-state index contributed by atoms with van der Waals surface area (Å²) in [6.45, 7) is 8.82. The zero-order valence-electron chi connectivity index (χ0n) is 12.3. The van der Waals surface area contributed by atoms with Crippen molar-refractivity contribution in [3.05, 3.63) is 10.6 Å². The zero-order valence-corrected chi connectivity index (χ0v) is 13.2. The third kappa shape index (κ3) is 2.49. The average Bonchev–Trinajstić information content (AvgIpc) is 3.11. The van der Waals surface area contributed by atoms with Gasteiger partial charge in [-0.2, -0.15) is 0 Å². The Morgan fingerprint density at radius 3 is 3.05 bits per heavy atom. The fourth-order valence-corrected chi connectivity index (χ4v) is 4.30. The van der Waals surface area contributed by atoms with Gasteiger partial charge in [-0.15, -0.1) is 0 Å². The largest absolute Gasteiger partial charge is 0.345 e. The number of piperazine rings is 1. The van der Waals surface area contributed by atoms with Crippen molar-refractivity contribution in [3.63, 3.8) is 0 Å². The molecule has 2 unspecified atom stereocenters. The molecule has 0 aromatic carbocycles. The minimum Gasteiger partial charge on any atom is -0.345 e. The first kappa shape index (κ1) is 14.0. The van der Waals surface area contributed by atoms with Crippen LogP contribution in [0.1, 0.15) is 54.4 Å². The maximum absolute atomic E-state index is 11.3. The summed E-state index contributed by atoms with van der Waals surface area (Å²) in [6, 6.07) is 0.694. The summed E-state index contributed by atoms with van der Waals surface area (Å²) in [5, 5.41) is 1.05. The van der Waals surface area contributed by atoms with E-state index in [9.17, 15) is 4.79 Å². The molecule has 3 rings (SSSR count). The number of anilines is 1. The van der Waals surface area contributed by atoms with E-state index < -0.39 is 0 Å². The minimum atomic E-state index is 0.368. The summed E-state index contributed by atoms with van der Waals surface area (Å²) in [6.07, 6.45) is 4.64. The van der Waals surface area contributed by atoms with Gasteiger partial charge in [0.2, 0.25) is 0 Å². The Morgan fingerprint density at radius 1 is 1.45 bits per heavy atom. The molecule has 0 aliphatic carbocycles. The number of hydrogen-bond donors (Lipinski definition) is 0. The van der Waals surface area contributed by atoms with Crippen molar-refractivity contribution in [2.75, 3.05) is 31.1 Å². The molecule has 2 saturated heterocycles. The Balaban J connectivity index is 1.80. The number of fused-ring (bicyclic) bond motifs is 1. The van der Waals surface area contributed by atoms with Crippen LogP contribution in [0.15, 0.2) is 0 Å². The molecule has 0 spiro atoms. The van der Waals surface area contributed by atoms with E-state index in [4.69, 9.17) is 4.98 Å². The molecule has 0 saturated carbocycles. The molecule has 0 bridgehead atoms. The first-order chi connectivity index (χ1) is 9.72. The topological polar surface area (TPSA) is 36.4 Å². The number of aromatic nitrogens is 1. The van der Waals surface area contributed by atoms with Crippen molar-refractivity contribution in [3.8, 4) is 0 Å². The van der Waals surface area contributed by atoms with Gasteiger partial charge in [0.25, 0.3) is 0 Å². The van der Waals surface area contributed by atoms with Crippen LogP contribution in [-0.2, 0) is 0 Å². The molecule has 5 heteroatoms. The average molecular weight is 293 g/mol. The lowest BCUT2D eigenvalue weighted by Crippen LogP contribution is -2.50. The number of thiazole rings is 1. The van der Waals surface area contributed by atoms with E-state index in [-0.39, 0.29) is 0 Å². The first-order valence-electron chi connectivity index (χ1n) is 7.67. The van der Waals surface area contributed by atoms with E-state index in [1.165, 1.54) is 19.4 Å². The molecule has 0 amide bonds. The molecule has 1 aromatic rings. The third-order valence-corrected chi connectivity index (χ3v) is 5.77. The van der Waals surface area contributed by atoms with E-state index in [0.29, 0.717) is 12.0 Å². The fourth-order valence-electron chi connectivity index (χ4n) is 3.26. The summed E-state index contributed by atoms with van der Waals surface area (Å²) >= 11 is 1.57. The van der Waals surface area contributed by atoms with E-state index in [1.807, 2.05) is 0 Å². The number of carbonyl (C=O) groups is 1. The highest BCUT2D eigenvalue weighted by Gasteiger charge is 2.32. The van der Waals surface area contributed by atoms with Gasteiger partial charge in [0, 0.05) is 25.7 Å². The van der Waals surface area contributed by atoms with Gasteiger partial charge in [0.05, 0.1) is 10.6 Å². The van der Waals surface area contributed by atoms with Gasteiger partial charge in [-0.3, -0.25) is 9.69 Å². The quantitative estimate of drug-likeness (QED) is 0.800. The Kier molecular flexibility index (Phi) is 4.08. The minimum absolute atomic E-state index is 0.368. The summed E-state index contributed by atoms with van der Waals surface area (Å²) in [5.74, 6) is 0.368. The van der Waals surface area contributed by atoms with Crippen LogP contribution < -0.4 is 4.90 Å². The van der Waals surface area contributed by atoms with E-state index in [0.717, 1.165) is 48.0 Å². The first-order valence-corrected chi connectivity index (χ1v) is 8.49. The summed E-state index contributed by atoms with van der Waals surface area (Å²) in [4.78, 5) is 21.9. The van der Waals surface area contributed by atoms with Crippen LogP contribution in [0.4, 0.5) is 5.13 Å². The van der Waals surface area contributed by atoms with Crippen molar-refractivity contribution in [2.24, 2.45) is 0 Å². The van der Waals surface area contributed by atoms with Gasteiger partial charge in [0.15, 0.2) is 11.4 Å². The summed E-state index contributed by atoms with van der Waals surface area (Å²) in [7, 11) is 0. The molecule has 110 valence electrons. The van der Waals surface area contributed by atoms with Crippen molar-refractivity contribution < 1.29 is 4.79 Å². The predicted octanol–water partition coefficient (Wildman–Crippen LogP) is 2.75. The van der Waals surface area contributed by atoms with Crippen LogP contribution in [-0.4, -0.2) is 48.4 Å². The number of rotatable bonds is 4. The highest BCUT2D eigenvalue weighted by atomic mass is 32.1. The number of aldehydes is 1. The number of carbonyl (C=O) groups excluding carboxylic acids is 1. The lowest BCUT2D eigenvalue weighted by molar-refractivity contribution is 0.112. The van der Waals surface area contributed by atoms with Gasteiger partial charge in [-0.05, 0) is 31.7 Å². The van der Waals surface area contributed by atoms with Gasteiger partial charge < -0.3 is 4.90 Å². The van der Waals surface area contributed by atoms with Gasteiger partial charge in [0.1, 0.15) is 0 Å². The van der Waals surface area contributed by atoms with Crippen LogP contribution in [0, 0.1) is 0 Å². The van der Waals surface area contributed by atoms with Crippen LogP contribution in [0.25, 0.3) is 0 Å². The summed E-state index contributed by atoms with van der Waals surface area (Å²) < 4.78 is 0.